The molecule has 0 saturated heterocycles. The van der Waals surface area contributed by atoms with Crippen LogP contribution in [0, 0.1) is 0 Å². The Labute approximate surface area is 110 Å². The van der Waals surface area contributed by atoms with Crippen LogP contribution in [0.2, 0.25) is 0 Å². The van der Waals surface area contributed by atoms with Gasteiger partial charge in [-0.25, -0.2) is 14.8 Å². The van der Waals surface area contributed by atoms with Gasteiger partial charge < -0.3 is 16.0 Å². The Morgan fingerprint density at radius 3 is 2.84 bits per heavy atom. The van der Waals surface area contributed by atoms with E-state index >= 15 is 0 Å². The summed E-state index contributed by atoms with van der Waals surface area (Å²) in [5, 5.41) is 2.84. The van der Waals surface area contributed by atoms with E-state index in [1.54, 1.807) is 11.1 Å². The highest BCUT2D eigenvalue weighted by atomic mass is 16.2. The summed E-state index contributed by atoms with van der Waals surface area (Å²) in [7, 11) is 0. The third-order valence-electron chi connectivity index (χ3n) is 2.99. The van der Waals surface area contributed by atoms with Gasteiger partial charge in [-0.2, -0.15) is 0 Å². The Morgan fingerprint density at radius 1 is 1.26 bits per heavy atom. The zero-order valence-electron chi connectivity index (χ0n) is 10.2. The van der Waals surface area contributed by atoms with Crippen LogP contribution in [0.3, 0.4) is 0 Å². The van der Waals surface area contributed by atoms with Crippen LogP contribution in [0.4, 0.5) is 16.4 Å². The molecule has 2 heterocycles. The van der Waals surface area contributed by atoms with Gasteiger partial charge >= 0.3 is 6.03 Å². The first-order chi connectivity index (χ1) is 9.22. The normalized spacial score (nSPS) is 13.2. The zero-order chi connectivity index (χ0) is 13.2. The second-order valence-corrected chi connectivity index (χ2v) is 4.35. The largest absolute Gasteiger partial charge is 0.368 e. The lowest BCUT2D eigenvalue weighted by atomic mass is 10.3. The lowest BCUT2D eigenvalue weighted by Gasteiger charge is -2.15. The van der Waals surface area contributed by atoms with E-state index in [0.717, 1.165) is 16.9 Å². The molecular formula is C13H13N5O. The fraction of sp³-hybridized carbons (Fsp3) is 0.154. The number of carbonyl (C=O) groups excluding carboxylic acids is 1. The average Bonchev–Trinajstić information content (AvgIpc) is 2.83. The van der Waals surface area contributed by atoms with Crippen LogP contribution in [-0.4, -0.2) is 20.9 Å². The highest BCUT2D eigenvalue weighted by Crippen LogP contribution is 2.21. The minimum atomic E-state index is -0.150. The van der Waals surface area contributed by atoms with Crippen molar-refractivity contribution in [1.82, 2.24) is 14.9 Å². The summed E-state index contributed by atoms with van der Waals surface area (Å²) in [6, 6.07) is 9.20. The molecule has 0 spiro atoms. The maximum Gasteiger partial charge on any atom is 0.322 e. The molecular weight excluding hydrogens is 242 g/mol. The first-order valence-electron chi connectivity index (χ1n) is 5.93. The number of urea groups is 1. The molecule has 6 heteroatoms. The first kappa shape index (κ1) is 11.5. The minimum Gasteiger partial charge on any atom is -0.368 e. The molecule has 19 heavy (non-hydrogen) atoms. The standard InChI is InChI=1S/C13H13N5O/c14-12-15-6-9-7-18(8-11(9)17-12)13(19)16-10-4-2-1-3-5-10/h1-6H,7-8H2,(H,16,19)(H2,14,15,17). The highest BCUT2D eigenvalue weighted by molar-refractivity contribution is 5.89. The predicted octanol–water partition coefficient (Wildman–Crippen LogP) is 1.61. The lowest BCUT2D eigenvalue weighted by Crippen LogP contribution is -2.30. The van der Waals surface area contributed by atoms with Crippen LogP contribution in [0.25, 0.3) is 0 Å². The number of anilines is 2. The van der Waals surface area contributed by atoms with Crippen LogP contribution in [-0.2, 0) is 13.1 Å². The van der Waals surface area contributed by atoms with Crippen molar-refractivity contribution < 1.29 is 4.79 Å². The summed E-state index contributed by atoms with van der Waals surface area (Å²) in [6.07, 6.45) is 1.67. The van der Waals surface area contributed by atoms with Crippen molar-refractivity contribution in [3.63, 3.8) is 0 Å². The number of benzene rings is 1. The molecule has 0 bridgehead atoms. The first-order valence-corrected chi connectivity index (χ1v) is 5.93. The van der Waals surface area contributed by atoms with Crippen molar-refractivity contribution in [1.29, 1.82) is 0 Å². The van der Waals surface area contributed by atoms with Gasteiger partial charge in [0.25, 0.3) is 0 Å². The molecule has 2 aromatic rings. The Balaban J connectivity index is 1.71. The number of amides is 2. The molecule has 1 aromatic heterocycles. The summed E-state index contributed by atoms with van der Waals surface area (Å²) in [6.45, 7) is 0.967. The molecule has 6 nitrogen and oxygen atoms in total. The van der Waals surface area contributed by atoms with E-state index in [2.05, 4.69) is 15.3 Å². The molecule has 96 valence electrons. The number of nitrogens with zero attached hydrogens (tertiary/aromatic N) is 3. The Hall–Kier alpha value is -2.63. The number of hydrogen-bond donors (Lipinski definition) is 2. The van der Waals surface area contributed by atoms with Crippen molar-refractivity contribution >= 4 is 17.7 Å². The second-order valence-electron chi connectivity index (χ2n) is 4.35. The molecule has 0 radical (unpaired) electrons. The maximum absolute atomic E-state index is 12.1. The van der Waals surface area contributed by atoms with E-state index in [1.165, 1.54) is 0 Å². The predicted molar refractivity (Wildman–Crippen MR) is 71.2 cm³/mol. The number of hydrogen-bond acceptors (Lipinski definition) is 4. The van der Waals surface area contributed by atoms with Gasteiger partial charge in [0.1, 0.15) is 0 Å². The molecule has 0 saturated carbocycles. The number of fused-ring (bicyclic) bond motifs is 1. The highest BCUT2D eigenvalue weighted by Gasteiger charge is 2.25. The minimum absolute atomic E-state index is 0.150. The van der Waals surface area contributed by atoms with Gasteiger partial charge in [-0.3, -0.25) is 0 Å². The van der Waals surface area contributed by atoms with Gasteiger partial charge in [0.2, 0.25) is 5.95 Å². The number of aromatic nitrogens is 2. The van der Waals surface area contributed by atoms with Crippen molar-refractivity contribution in [2.24, 2.45) is 0 Å². The Kier molecular flexibility index (Phi) is 2.75. The van der Waals surface area contributed by atoms with E-state index in [4.69, 9.17) is 5.73 Å². The summed E-state index contributed by atoms with van der Waals surface area (Å²) >= 11 is 0. The van der Waals surface area contributed by atoms with Gasteiger partial charge in [0.15, 0.2) is 0 Å². The Morgan fingerprint density at radius 2 is 2.05 bits per heavy atom. The Bertz CT molecular complexity index is 614. The van der Waals surface area contributed by atoms with Gasteiger partial charge in [0.05, 0.1) is 18.8 Å². The van der Waals surface area contributed by atoms with Crippen LogP contribution in [0.15, 0.2) is 36.5 Å². The smallest absolute Gasteiger partial charge is 0.322 e. The van der Waals surface area contributed by atoms with E-state index in [1.807, 2.05) is 30.3 Å². The van der Waals surface area contributed by atoms with Crippen LogP contribution >= 0.6 is 0 Å². The van der Waals surface area contributed by atoms with Crippen molar-refractivity contribution in [2.45, 2.75) is 13.1 Å². The fourth-order valence-electron chi connectivity index (χ4n) is 2.04. The van der Waals surface area contributed by atoms with Crippen molar-refractivity contribution in [2.75, 3.05) is 11.1 Å². The molecule has 1 aromatic carbocycles. The van der Waals surface area contributed by atoms with Gasteiger partial charge in [-0.05, 0) is 12.1 Å². The summed E-state index contributed by atoms with van der Waals surface area (Å²) < 4.78 is 0. The number of para-hydroxylation sites is 1. The molecule has 1 aliphatic heterocycles. The number of nitrogen functional groups attached to an aromatic ring is 1. The molecule has 3 N–H and O–H groups in total. The van der Waals surface area contributed by atoms with Crippen LogP contribution < -0.4 is 11.1 Å². The van der Waals surface area contributed by atoms with Crippen molar-refractivity contribution in [3.05, 3.63) is 47.8 Å². The summed E-state index contributed by atoms with van der Waals surface area (Å²) in [4.78, 5) is 21.9. The maximum atomic E-state index is 12.1. The third-order valence-corrected chi connectivity index (χ3v) is 2.99. The molecule has 1 aliphatic rings. The quantitative estimate of drug-likeness (QED) is 0.810. The summed E-state index contributed by atoms with van der Waals surface area (Å²) in [5.41, 5.74) is 8.06. The molecule has 0 unspecified atom stereocenters. The number of nitrogens with two attached hydrogens (primary N) is 1. The van der Waals surface area contributed by atoms with E-state index in [0.29, 0.717) is 13.1 Å². The average molecular weight is 255 g/mol. The molecule has 0 atom stereocenters. The van der Waals surface area contributed by atoms with Gasteiger partial charge in [-0.1, -0.05) is 18.2 Å². The van der Waals surface area contributed by atoms with Gasteiger partial charge in [0, 0.05) is 17.4 Å². The SMILES string of the molecule is Nc1ncc2c(n1)CN(C(=O)Nc1ccccc1)C2. The van der Waals surface area contributed by atoms with E-state index < -0.39 is 0 Å². The number of carbonyl (C=O) groups is 1. The topological polar surface area (TPSA) is 84.1 Å². The fourth-order valence-corrected chi connectivity index (χ4v) is 2.04. The van der Waals surface area contributed by atoms with Gasteiger partial charge in [-0.15, -0.1) is 0 Å². The molecule has 0 aliphatic carbocycles. The van der Waals surface area contributed by atoms with E-state index in [9.17, 15) is 4.79 Å². The molecule has 3 rings (SSSR count). The van der Waals surface area contributed by atoms with Crippen molar-refractivity contribution in [3.8, 4) is 0 Å². The van der Waals surface area contributed by atoms with Crippen LogP contribution in [0.5, 0.6) is 0 Å². The second kappa shape index (κ2) is 4.56. The number of nitrogens with one attached hydrogen (secondary N) is 1. The zero-order valence-corrected chi connectivity index (χ0v) is 10.2. The molecule has 0 fully saturated rings. The molecule has 2 amide bonds. The third kappa shape index (κ3) is 2.33. The van der Waals surface area contributed by atoms with E-state index in [-0.39, 0.29) is 12.0 Å². The monoisotopic (exact) mass is 255 g/mol. The summed E-state index contributed by atoms with van der Waals surface area (Å²) in [5.74, 6) is 0.240. The van der Waals surface area contributed by atoms with Crippen LogP contribution in [0.1, 0.15) is 11.3 Å². The lowest BCUT2D eigenvalue weighted by molar-refractivity contribution is 0.212. The number of rotatable bonds is 1.